The van der Waals surface area contributed by atoms with Gasteiger partial charge in [0.25, 0.3) is 5.91 Å². The number of likely N-dealkylation sites (tertiary alicyclic amines) is 1. The summed E-state index contributed by atoms with van der Waals surface area (Å²) in [4.78, 5) is 14.7. The monoisotopic (exact) mass is 412 g/mol. The number of ether oxygens (including phenoxy) is 1. The topological polar surface area (TPSA) is 65.6 Å². The minimum absolute atomic E-state index is 0.000784. The standard InChI is InChI=1S/C22H41FN4O2/c1-16(2)29-19-13-14-27(15-18(19)23)21(28)20-24-22(3,26-25-20)17-11-9-7-5-4-6-8-10-12-17/h16-20,24-26H,4-15H2,1-3H3/t18-,19+,20?,22?/m1/s1. The smallest absolute Gasteiger partial charge is 0.255 e. The number of hydrazine groups is 1. The van der Waals surface area contributed by atoms with E-state index in [2.05, 4.69) is 23.1 Å². The summed E-state index contributed by atoms with van der Waals surface area (Å²) < 4.78 is 20.2. The number of nitrogens with one attached hydrogen (secondary N) is 3. The molecule has 0 spiro atoms. The van der Waals surface area contributed by atoms with Crippen molar-refractivity contribution < 1.29 is 13.9 Å². The first-order chi connectivity index (χ1) is 13.9. The Kier molecular flexibility index (Phi) is 8.31. The Morgan fingerprint density at radius 1 is 1.07 bits per heavy atom. The molecule has 2 unspecified atom stereocenters. The van der Waals surface area contributed by atoms with Gasteiger partial charge >= 0.3 is 0 Å². The molecule has 0 aromatic rings. The molecular formula is C22H41FN4O2. The maximum atomic E-state index is 14.5. The van der Waals surface area contributed by atoms with Crippen molar-refractivity contribution in [3.05, 3.63) is 0 Å². The van der Waals surface area contributed by atoms with Crippen molar-refractivity contribution in [3.8, 4) is 0 Å². The number of amides is 1. The summed E-state index contributed by atoms with van der Waals surface area (Å²) in [6, 6.07) is 0. The van der Waals surface area contributed by atoms with E-state index >= 15 is 0 Å². The largest absolute Gasteiger partial charge is 0.372 e. The number of carbonyl (C=O) groups excluding carboxylic acids is 1. The number of nitrogens with zero attached hydrogens (tertiary/aromatic N) is 1. The molecule has 3 rings (SSSR count). The van der Waals surface area contributed by atoms with Crippen LogP contribution in [0.25, 0.3) is 0 Å². The van der Waals surface area contributed by atoms with E-state index in [1.807, 2.05) is 13.8 Å². The summed E-state index contributed by atoms with van der Waals surface area (Å²) in [6.07, 6.45) is 9.97. The van der Waals surface area contributed by atoms with Crippen LogP contribution in [0.1, 0.15) is 85.0 Å². The summed E-state index contributed by atoms with van der Waals surface area (Å²) in [5, 5.41) is 3.51. The van der Waals surface area contributed by atoms with Crippen molar-refractivity contribution in [2.24, 2.45) is 5.92 Å². The normalized spacial score (nSPS) is 35.8. The molecule has 1 aliphatic carbocycles. The van der Waals surface area contributed by atoms with E-state index < -0.39 is 18.4 Å². The lowest BCUT2D eigenvalue weighted by Crippen LogP contribution is -2.57. The molecule has 0 aromatic carbocycles. The maximum Gasteiger partial charge on any atom is 0.255 e. The van der Waals surface area contributed by atoms with Gasteiger partial charge in [-0.2, -0.15) is 0 Å². The number of carbonyl (C=O) groups is 1. The highest BCUT2D eigenvalue weighted by atomic mass is 19.1. The minimum atomic E-state index is -1.13. The Hall–Kier alpha value is -0.760. The van der Waals surface area contributed by atoms with Crippen LogP contribution in [0.2, 0.25) is 0 Å². The van der Waals surface area contributed by atoms with E-state index in [1.54, 1.807) is 4.90 Å². The molecule has 168 valence electrons. The second-order valence-corrected chi connectivity index (χ2v) is 9.61. The van der Waals surface area contributed by atoms with E-state index in [9.17, 15) is 9.18 Å². The van der Waals surface area contributed by atoms with Crippen LogP contribution < -0.4 is 16.2 Å². The van der Waals surface area contributed by atoms with Gasteiger partial charge in [0.15, 0.2) is 6.17 Å². The van der Waals surface area contributed by atoms with Gasteiger partial charge in [0.2, 0.25) is 0 Å². The van der Waals surface area contributed by atoms with Crippen molar-refractivity contribution in [1.82, 2.24) is 21.1 Å². The highest BCUT2D eigenvalue weighted by Gasteiger charge is 2.44. The SMILES string of the molecule is CC(C)O[C@H]1CCN(C(=O)C2NNC(C)(C3CCCCCCCCC3)N2)C[C@H]1F. The van der Waals surface area contributed by atoms with Gasteiger partial charge in [-0.25, -0.2) is 15.2 Å². The fraction of sp³-hybridized carbons (Fsp3) is 0.955. The molecule has 1 saturated carbocycles. The maximum absolute atomic E-state index is 14.5. The number of rotatable bonds is 4. The average Bonchev–Trinajstić information content (AvgIpc) is 3.10. The molecule has 0 bridgehead atoms. The number of alkyl halides is 1. The lowest BCUT2D eigenvalue weighted by Gasteiger charge is -2.37. The van der Waals surface area contributed by atoms with Crippen LogP contribution >= 0.6 is 0 Å². The molecule has 2 heterocycles. The highest BCUT2D eigenvalue weighted by molar-refractivity contribution is 5.82. The van der Waals surface area contributed by atoms with Crippen molar-refractivity contribution in [2.45, 2.75) is 115 Å². The van der Waals surface area contributed by atoms with Gasteiger partial charge in [-0.3, -0.25) is 10.1 Å². The van der Waals surface area contributed by atoms with Gasteiger partial charge in [-0.15, -0.1) is 0 Å². The number of hydrogen-bond acceptors (Lipinski definition) is 5. The van der Waals surface area contributed by atoms with Crippen LogP contribution in [0.3, 0.4) is 0 Å². The molecular weight excluding hydrogens is 371 g/mol. The third kappa shape index (κ3) is 6.12. The fourth-order valence-electron chi connectivity index (χ4n) is 5.09. The van der Waals surface area contributed by atoms with Crippen molar-refractivity contribution in [2.75, 3.05) is 13.1 Å². The van der Waals surface area contributed by atoms with Gasteiger partial charge < -0.3 is 9.64 Å². The molecule has 4 atom stereocenters. The lowest BCUT2D eigenvalue weighted by atomic mass is 9.83. The predicted octanol–water partition coefficient (Wildman–Crippen LogP) is 3.23. The van der Waals surface area contributed by atoms with Crippen LogP contribution in [0.4, 0.5) is 4.39 Å². The first kappa shape index (κ1) is 22.9. The van der Waals surface area contributed by atoms with Gasteiger partial charge in [-0.05, 0) is 46.0 Å². The van der Waals surface area contributed by atoms with Crippen molar-refractivity contribution >= 4 is 5.91 Å². The van der Waals surface area contributed by atoms with Gasteiger partial charge in [0.1, 0.15) is 6.17 Å². The van der Waals surface area contributed by atoms with Crippen LogP contribution in [0.15, 0.2) is 0 Å². The quantitative estimate of drug-likeness (QED) is 0.662. The Morgan fingerprint density at radius 3 is 2.28 bits per heavy atom. The molecule has 29 heavy (non-hydrogen) atoms. The Labute approximate surface area is 175 Å². The summed E-state index contributed by atoms with van der Waals surface area (Å²) in [5.41, 5.74) is 6.22. The van der Waals surface area contributed by atoms with Gasteiger partial charge in [0, 0.05) is 6.54 Å². The molecule has 0 radical (unpaired) electrons. The zero-order valence-corrected chi connectivity index (χ0v) is 18.5. The third-order valence-corrected chi connectivity index (χ3v) is 6.83. The van der Waals surface area contributed by atoms with E-state index in [0.29, 0.717) is 18.9 Å². The lowest BCUT2D eigenvalue weighted by molar-refractivity contribution is -0.141. The molecule has 1 amide bonds. The second-order valence-electron chi connectivity index (χ2n) is 9.61. The van der Waals surface area contributed by atoms with Crippen molar-refractivity contribution in [3.63, 3.8) is 0 Å². The Morgan fingerprint density at radius 2 is 1.69 bits per heavy atom. The average molecular weight is 413 g/mol. The molecule has 0 aromatic heterocycles. The zero-order chi connectivity index (χ0) is 20.9. The molecule has 7 heteroatoms. The van der Waals surface area contributed by atoms with Crippen LogP contribution in [-0.4, -0.2) is 54.1 Å². The van der Waals surface area contributed by atoms with E-state index in [1.165, 1.54) is 57.8 Å². The second kappa shape index (κ2) is 10.5. The molecule has 2 saturated heterocycles. The van der Waals surface area contributed by atoms with E-state index in [4.69, 9.17) is 4.74 Å². The summed E-state index contributed by atoms with van der Waals surface area (Å²) in [7, 11) is 0. The van der Waals surface area contributed by atoms with E-state index in [-0.39, 0.29) is 24.2 Å². The number of piperidine rings is 1. The van der Waals surface area contributed by atoms with Crippen LogP contribution in [0, 0.1) is 5.92 Å². The minimum Gasteiger partial charge on any atom is -0.372 e. The third-order valence-electron chi connectivity index (χ3n) is 6.83. The number of halogens is 1. The van der Waals surface area contributed by atoms with Crippen molar-refractivity contribution in [1.29, 1.82) is 0 Å². The molecule has 3 fully saturated rings. The summed E-state index contributed by atoms with van der Waals surface area (Å²) >= 11 is 0. The number of hydrogen-bond donors (Lipinski definition) is 3. The first-order valence-electron chi connectivity index (χ1n) is 11.8. The highest BCUT2D eigenvalue weighted by Crippen LogP contribution is 2.30. The molecule has 6 nitrogen and oxygen atoms in total. The molecule has 3 aliphatic rings. The predicted molar refractivity (Wildman–Crippen MR) is 113 cm³/mol. The summed E-state index contributed by atoms with van der Waals surface area (Å²) in [6.45, 7) is 6.64. The first-order valence-corrected chi connectivity index (χ1v) is 11.8. The van der Waals surface area contributed by atoms with Crippen LogP contribution in [0.5, 0.6) is 0 Å². The van der Waals surface area contributed by atoms with Crippen LogP contribution in [-0.2, 0) is 9.53 Å². The zero-order valence-electron chi connectivity index (χ0n) is 18.5. The summed E-state index contributed by atoms with van der Waals surface area (Å²) in [5.74, 6) is 0.400. The van der Waals surface area contributed by atoms with Gasteiger partial charge in [-0.1, -0.05) is 44.9 Å². The fourth-order valence-corrected chi connectivity index (χ4v) is 5.09. The van der Waals surface area contributed by atoms with E-state index in [0.717, 1.165) is 0 Å². The Balaban J connectivity index is 1.54. The molecule has 3 N–H and O–H groups in total. The Bertz CT molecular complexity index is 525. The van der Waals surface area contributed by atoms with Gasteiger partial charge in [0.05, 0.1) is 24.4 Å². The molecule has 2 aliphatic heterocycles.